The lowest BCUT2D eigenvalue weighted by atomic mass is 10.1. The van der Waals surface area contributed by atoms with Crippen LogP contribution in [0.4, 0.5) is 13.2 Å². The maximum Gasteiger partial charge on any atom is 0.416 e. The van der Waals surface area contributed by atoms with Crippen molar-refractivity contribution in [3.63, 3.8) is 0 Å². The van der Waals surface area contributed by atoms with E-state index in [4.69, 9.17) is 0 Å². The Morgan fingerprint density at radius 1 is 1.21 bits per heavy atom. The Kier molecular flexibility index (Phi) is 4.86. The lowest BCUT2D eigenvalue weighted by molar-refractivity contribution is -0.137. The molecule has 0 saturated heterocycles. The molecular formula is C13H16BrF3N2. The highest BCUT2D eigenvalue weighted by atomic mass is 79.9. The van der Waals surface area contributed by atoms with Gasteiger partial charge in [-0.05, 0) is 36.6 Å². The minimum atomic E-state index is -4.29. The largest absolute Gasteiger partial charge is 0.416 e. The average molecular weight is 337 g/mol. The molecular weight excluding hydrogens is 321 g/mol. The van der Waals surface area contributed by atoms with Crippen LogP contribution in [0.3, 0.4) is 0 Å². The van der Waals surface area contributed by atoms with Crippen molar-refractivity contribution in [3.05, 3.63) is 33.8 Å². The van der Waals surface area contributed by atoms with E-state index in [1.807, 2.05) is 0 Å². The van der Waals surface area contributed by atoms with E-state index in [-0.39, 0.29) is 0 Å². The van der Waals surface area contributed by atoms with Crippen LogP contribution in [0.25, 0.3) is 0 Å². The molecule has 1 saturated carbocycles. The van der Waals surface area contributed by atoms with E-state index in [9.17, 15) is 13.2 Å². The van der Waals surface area contributed by atoms with Crippen LogP contribution in [-0.4, -0.2) is 19.1 Å². The smallest absolute Gasteiger partial charge is 0.313 e. The molecule has 1 aromatic rings. The van der Waals surface area contributed by atoms with Crippen LogP contribution in [0.5, 0.6) is 0 Å². The maximum absolute atomic E-state index is 12.6. The SMILES string of the molecule is FC(F)(F)c1ccc(Br)c(CNCCNC2CC2)c1. The van der Waals surface area contributed by atoms with Gasteiger partial charge in [0.2, 0.25) is 0 Å². The summed E-state index contributed by atoms with van der Waals surface area (Å²) in [6, 6.07) is 4.37. The van der Waals surface area contributed by atoms with Crippen molar-refractivity contribution in [1.82, 2.24) is 10.6 Å². The molecule has 0 spiro atoms. The molecule has 0 aliphatic heterocycles. The van der Waals surface area contributed by atoms with Crippen molar-refractivity contribution in [2.75, 3.05) is 13.1 Å². The lowest BCUT2D eigenvalue weighted by Gasteiger charge is -2.11. The first-order valence-corrected chi connectivity index (χ1v) is 7.06. The first kappa shape index (κ1) is 14.8. The Labute approximate surface area is 118 Å². The molecule has 106 valence electrons. The quantitative estimate of drug-likeness (QED) is 0.779. The molecule has 0 amide bonds. The number of rotatable bonds is 6. The summed E-state index contributed by atoms with van der Waals surface area (Å²) in [6.45, 7) is 2.03. The molecule has 2 rings (SSSR count). The van der Waals surface area contributed by atoms with Gasteiger partial charge in [-0.2, -0.15) is 13.2 Å². The lowest BCUT2D eigenvalue weighted by Crippen LogP contribution is -2.28. The first-order valence-electron chi connectivity index (χ1n) is 6.26. The highest BCUT2D eigenvalue weighted by Crippen LogP contribution is 2.31. The second kappa shape index (κ2) is 6.24. The van der Waals surface area contributed by atoms with Crippen LogP contribution in [0.1, 0.15) is 24.0 Å². The summed E-state index contributed by atoms with van der Waals surface area (Å²) in [5, 5.41) is 6.48. The zero-order valence-electron chi connectivity index (χ0n) is 10.4. The van der Waals surface area contributed by atoms with E-state index in [2.05, 4.69) is 26.6 Å². The van der Waals surface area contributed by atoms with Gasteiger partial charge in [0.15, 0.2) is 0 Å². The Morgan fingerprint density at radius 3 is 2.58 bits per heavy atom. The van der Waals surface area contributed by atoms with Crippen LogP contribution in [0, 0.1) is 0 Å². The average Bonchev–Trinajstić information content (AvgIpc) is 3.13. The van der Waals surface area contributed by atoms with Gasteiger partial charge in [0.1, 0.15) is 0 Å². The van der Waals surface area contributed by atoms with Gasteiger partial charge >= 0.3 is 6.18 Å². The van der Waals surface area contributed by atoms with Crippen LogP contribution in [-0.2, 0) is 12.7 Å². The fourth-order valence-electron chi connectivity index (χ4n) is 1.76. The maximum atomic E-state index is 12.6. The predicted molar refractivity (Wildman–Crippen MR) is 71.9 cm³/mol. The summed E-state index contributed by atoms with van der Waals surface area (Å²) < 4.78 is 38.5. The minimum Gasteiger partial charge on any atom is -0.313 e. The van der Waals surface area contributed by atoms with E-state index < -0.39 is 11.7 Å². The summed E-state index contributed by atoms with van der Waals surface area (Å²) in [5.74, 6) is 0. The number of alkyl halides is 3. The summed E-state index contributed by atoms with van der Waals surface area (Å²) in [7, 11) is 0. The molecule has 1 aromatic carbocycles. The zero-order valence-corrected chi connectivity index (χ0v) is 11.9. The highest BCUT2D eigenvalue weighted by molar-refractivity contribution is 9.10. The molecule has 0 aromatic heterocycles. The van der Waals surface area contributed by atoms with E-state index >= 15 is 0 Å². The highest BCUT2D eigenvalue weighted by Gasteiger charge is 2.30. The Balaban J connectivity index is 1.83. The van der Waals surface area contributed by atoms with Gasteiger partial charge in [-0.15, -0.1) is 0 Å². The van der Waals surface area contributed by atoms with Crippen molar-refractivity contribution >= 4 is 15.9 Å². The predicted octanol–water partition coefficient (Wildman–Crippen LogP) is 3.31. The van der Waals surface area contributed by atoms with Gasteiger partial charge in [0, 0.05) is 30.1 Å². The third kappa shape index (κ3) is 4.78. The van der Waals surface area contributed by atoms with Gasteiger partial charge < -0.3 is 10.6 Å². The first-order chi connectivity index (χ1) is 8.97. The molecule has 0 radical (unpaired) electrons. The van der Waals surface area contributed by atoms with Crippen LogP contribution in [0.15, 0.2) is 22.7 Å². The fraction of sp³-hybridized carbons (Fsp3) is 0.538. The standard InChI is InChI=1S/C13H16BrF3N2/c14-12-4-1-10(13(15,16)17)7-9(12)8-18-5-6-19-11-2-3-11/h1,4,7,11,18-19H,2-3,5-6,8H2. The zero-order chi connectivity index (χ0) is 13.9. The van der Waals surface area contributed by atoms with Gasteiger partial charge in [0.05, 0.1) is 5.56 Å². The number of halogens is 4. The summed E-state index contributed by atoms with van der Waals surface area (Å²) in [4.78, 5) is 0. The van der Waals surface area contributed by atoms with Crippen LogP contribution < -0.4 is 10.6 Å². The summed E-state index contributed by atoms with van der Waals surface area (Å²) in [6.07, 6.45) is -1.82. The molecule has 1 aliphatic carbocycles. The molecule has 1 fully saturated rings. The number of hydrogen-bond donors (Lipinski definition) is 2. The van der Waals surface area contributed by atoms with Crippen LogP contribution >= 0.6 is 15.9 Å². The fourth-order valence-corrected chi connectivity index (χ4v) is 2.15. The molecule has 19 heavy (non-hydrogen) atoms. The molecule has 1 aliphatic rings. The molecule has 0 atom stereocenters. The van der Waals surface area contributed by atoms with E-state index in [1.54, 1.807) is 0 Å². The van der Waals surface area contributed by atoms with Gasteiger partial charge in [0.25, 0.3) is 0 Å². The molecule has 2 N–H and O–H groups in total. The number of benzene rings is 1. The number of hydrogen-bond acceptors (Lipinski definition) is 2. The van der Waals surface area contributed by atoms with Crippen molar-refractivity contribution in [1.29, 1.82) is 0 Å². The van der Waals surface area contributed by atoms with Crippen molar-refractivity contribution < 1.29 is 13.2 Å². The summed E-state index contributed by atoms with van der Waals surface area (Å²) in [5.41, 5.74) is 0.0184. The van der Waals surface area contributed by atoms with E-state index in [0.29, 0.717) is 22.6 Å². The molecule has 2 nitrogen and oxygen atoms in total. The van der Waals surface area contributed by atoms with E-state index in [1.165, 1.54) is 25.0 Å². The molecule has 0 bridgehead atoms. The third-order valence-electron chi connectivity index (χ3n) is 3.00. The molecule has 6 heteroatoms. The minimum absolute atomic E-state index is 0.427. The second-order valence-electron chi connectivity index (χ2n) is 4.71. The van der Waals surface area contributed by atoms with Crippen molar-refractivity contribution in [2.45, 2.75) is 31.6 Å². The summed E-state index contributed by atoms with van der Waals surface area (Å²) >= 11 is 3.28. The van der Waals surface area contributed by atoms with Crippen molar-refractivity contribution in [3.8, 4) is 0 Å². The Hall–Kier alpha value is -0.590. The van der Waals surface area contributed by atoms with Crippen molar-refractivity contribution in [2.24, 2.45) is 0 Å². The Morgan fingerprint density at radius 2 is 1.95 bits per heavy atom. The van der Waals surface area contributed by atoms with Crippen LogP contribution in [0.2, 0.25) is 0 Å². The Bertz CT molecular complexity index is 430. The van der Waals surface area contributed by atoms with Gasteiger partial charge in [-0.3, -0.25) is 0 Å². The monoisotopic (exact) mass is 336 g/mol. The van der Waals surface area contributed by atoms with E-state index in [0.717, 1.165) is 19.2 Å². The second-order valence-corrected chi connectivity index (χ2v) is 5.56. The normalized spacial score (nSPS) is 15.8. The molecule has 0 heterocycles. The number of nitrogens with one attached hydrogen (secondary N) is 2. The third-order valence-corrected chi connectivity index (χ3v) is 3.77. The topological polar surface area (TPSA) is 24.1 Å². The molecule has 0 unspecified atom stereocenters. The van der Waals surface area contributed by atoms with Gasteiger partial charge in [-0.1, -0.05) is 15.9 Å². The van der Waals surface area contributed by atoms with Gasteiger partial charge in [-0.25, -0.2) is 0 Å².